The van der Waals surface area contributed by atoms with Crippen molar-refractivity contribution < 1.29 is 9.53 Å². The Morgan fingerprint density at radius 3 is 2.52 bits per heavy atom. The molecule has 3 N–H and O–H groups in total. The number of nitrogens with two attached hydrogens (primary N) is 1. The minimum Gasteiger partial charge on any atom is -0.493 e. The second kappa shape index (κ2) is 9.40. The zero-order valence-electron chi connectivity index (χ0n) is 13.4. The molecule has 4 nitrogen and oxygen atoms in total. The van der Waals surface area contributed by atoms with Gasteiger partial charge in [-0.05, 0) is 43.5 Å². The number of carbonyl (C=O) groups is 1. The second-order valence-electron chi connectivity index (χ2n) is 5.56. The van der Waals surface area contributed by atoms with E-state index < -0.39 is 0 Å². The molecule has 0 bridgehead atoms. The third-order valence-corrected chi connectivity index (χ3v) is 3.35. The average Bonchev–Trinajstić information content (AvgIpc) is 2.42. The molecular weight excluding hydrogens is 264 g/mol. The molecule has 21 heavy (non-hydrogen) atoms. The van der Waals surface area contributed by atoms with Crippen LogP contribution < -0.4 is 15.8 Å². The first kappa shape index (κ1) is 17.5. The maximum Gasteiger partial charge on any atom is 0.223 e. The zero-order valence-corrected chi connectivity index (χ0v) is 13.4. The summed E-state index contributed by atoms with van der Waals surface area (Å²) in [5, 5.41) is 2.97. The highest BCUT2D eigenvalue weighted by Crippen LogP contribution is 2.16. The molecule has 1 aromatic rings. The SMILES string of the molecule is CCCCC(CN)NC(=O)CCOc1cc(C)cc(C)c1. The summed E-state index contributed by atoms with van der Waals surface area (Å²) in [6.07, 6.45) is 3.50. The molecule has 0 aliphatic rings. The largest absolute Gasteiger partial charge is 0.493 e. The smallest absolute Gasteiger partial charge is 0.223 e. The van der Waals surface area contributed by atoms with Crippen molar-refractivity contribution in [3.63, 3.8) is 0 Å². The molecule has 0 fully saturated rings. The molecule has 0 spiro atoms. The van der Waals surface area contributed by atoms with Crippen LogP contribution in [0.5, 0.6) is 5.75 Å². The van der Waals surface area contributed by atoms with Gasteiger partial charge in [-0.25, -0.2) is 0 Å². The Hall–Kier alpha value is -1.55. The van der Waals surface area contributed by atoms with Gasteiger partial charge >= 0.3 is 0 Å². The lowest BCUT2D eigenvalue weighted by atomic mass is 10.1. The molecule has 0 aliphatic heterocycles. The van der Waals surface area contributed by atoms with E-state index in [9.17, 15) is 4.79 Å². The van der Waals surface area contributed by atoms with Gasteiger partial charge in [0.25, 0.3) is 0 Å². The Morgan fingerprint density at radius 1 is 1.29 bits per heavy atom. The topological polar surface area (TPSA) is 64.3 Å². The standard InChI is InChI=1S/C17H28N2O2/c1-4-5-6-15(12-18)19-17(20)7-8-21-16-10-13(2)9-14(3)11-16/h9-11,15H,4-8,12,18H2,1-3H3,(H,19,20). The summed E-state index contributed by atoms with van der Waals surface area (Å²) in [4.78, 5) is 11.9. The summed E-state index contributed by atoms with van der Waals surface area (Å²) in [7, 11) is 0. The predicted molar refractivity (Wildman–Crippen MR) is 86.5 cm³/mol. The first-order chi connectivity index (χ1) is 10.0. The first-order valence-electron chi connectivity index (χ1n) is 7.75. The molecular formula is C17H28N2O2. The number of benzene rings is 1. The Labute approximate surface area is 128 Å². The third kappa shape index (κ3) is 7.14. The van der Waals surface area contributed by atoms with Gasteiger partial charge in [0.05, 0.1) is 13.0 Å². The Kier molecular flexibility index (Phi) is 7.83. The fraction of sp³-hybridized carbons (Fsp3) is 0.588. The van der Waals surface area contributed by atoms with Crippen LogP contribution in [0.3, 0.4) is 0 Å². The van der Waals surface area contributed by atoms with Crippen molar-refractivity contribution >= 4 is 5.91 Å². The predicted octanol–water partition coefficient (Wildman–Crippen LogP) is 2.71. The Bertz CT molecular complexity index is 426. The van der Waals surface area contributed by atoms with Gasteiger partial charge in [-0.3, -0.25) is 4.79 Å². The molecule has 1 unspecified atom stereocenters. The molecule has 1 atom stereocenters. The van der Waals surface area contributed by atoms with Crippen LogP contribution in [0.2, 0.25) is 0 Å². The van der Waals surface area contributed by atoms with Crippen molar-refractivity contribution in [1.29, 1.82) is 0 Å². The lowest BCUT2D eigenvalue weighted by Gasteiger charge is -2.16. The van der Waals surface area contributed by atoms with Gasteiger partial charge < -0.3 is 15.8 Å². The molecule has 0 aliphatic carbocycles. The van der Waals surface area contributed by atoms with Crippen molar-refractivity contribution in [1.82, 2.24) is 5.32 Å². The number of rotatable bonds is 9. The number of nitrogens with one attached hydrogen (secondary N) is 1. The van der Waals surface area contributed by atoms with E-state index in [2.05, 4.69) is 18.3 Å². The van der Waals surface area contributed by atoms with E-state index in [0.717, 1.165) is 36.1 Å². The van der Waals surface area contributed by atoms with Crippen LogP contribution in [-0.2, 0) is 4.79 Å². The second-order valence-corrected chi connectivity index (χ2v) is 5.56. The first-order valence-corrected chi connectivity index (χ1v) is 7.75. The minimum absolute atomic E-state index is 0.00549. The van der Waals surface area contributed by atoms with Gasteiger partial charge in [-0.15, -0.1) is 0 Å². The monoisotopic (exact) mass is 292 g/mol. The van der Waals surface area contributed by atoms with Crippen LogP contribution in [0, 0.1) is 13.8 Å². The zero-order chi connectivity index (χ0) is 15.7. The number of unbranched alkanes of at least 4 members (excludes halogenated alkanes) is 1. The van der Waals surface area contributed by atoms with Crippen molar-refractivity contribution in [2.24, 2.45) is 5.73 Å². The van der Waals surface area contributed by atoms with E-state index in [1.165, 1.54) is 0 Å². The van der Waals surface area contributed by atoms with Crippen LogP contribution >= 0.6 is 0 Å². The van der Waals surface area contributed by atoms with Crippen LogP contribution in [0.25, 0.3) is 0 Å². The number of hydrogen-bond donors (Lipinski definition) is 2. The summed E-state index contributed by atoms with van der Waals surface area (Å²) in [6, 6.07) is 6.14. The van der Waals surface area contributed by atoms with Crippen molar-refractivity contribution in [2.75, 3.05) is 13.2 Å². The third-order valence-electron chi connectivity index (χ3n) is 3.35. The fourth-order valence-electron chi connectivity index (χ4n) is 2.28. The van der Waals surface area contributed by atoms with E-state index >= 15 is 0 Å². The van der Waals surface area contributed by atoms with E-state index in [-0.39, 0.29) is 11.9 Å². The van der Waals surface area contributed by atoms with Crippen molar-refractivity contribution in [3.8, 4) is 5.75 Å². The van der Waals surface area contributed by atoms with Gasteiger partial charge in [0, 0.05) is 12.6 Å². The number of amides is 1. The number of aryl methyl sites for hydroxylation is 2. The summed E-state index contributed by atoms with van der Waals surface area (Å²) < 4.78 is 5.64. The van der Waals surface area contributed by atoms with Gasteiger partial charge in [0.15, 0.2) is 0 Å². The summed E-state index contributed by atoms with van der Waals surface area (Å²) in [6.45, 7) is 7.08. The average molecular weight is 292 g/mol. The highest BCUT2D eigenvalue weighted by molar-refractivity contribution is 5.76. The summed E-state index contributed by atoms with van der Waals surface area (Å²) in [5.41, 5.74) is 8.00. The Balaban J connectivity index is 2.32. The molecule has 4 heteroatoms. The van der Waals surface area contributed by atoms with Crippen LogP contribution in [0.4, 0.5) is 0 Å². The maximum absolute atomic E-state index is 11.9. The van der Waals surface area contributed by atoms with Gasteiger partial charge in [0.1, 0.15) is 5.75 Å². The van der Waals surface area contributed by atoms with E-state index in [1.807, 2.05) is 26.0 Å². The number of hydrogen-bond acceptors (Lipinski definition) is 3. The van der Waals surface area contributed by atoms with Crippen molar-refractivity contribution in [3.05, 3.63) is 29.3 Å². The molecule has 1 amide bonds. The van der Waals surface area contributed by atoms with Crippen molar-refractivity contribution in [2.45, 2.75) is 52.5 Å². The van der Waals surface area contributed by atoms with E-state index in [0.29, 0.717) is 19.6 Å². The minimum atomic E-state index is 0.00549. The van der Waals surface area contributed by atoms with E-state index in [1.54, 1.807) is 0 Å². The van der Waals surface area contributed by atoms with Crippen LogP contribution in [0.15, 0.2) is 18.2 Å². The highest BCUT2D eigenvalue weighted by Gasteiger charge is 2.10. The molecule has 0 saturated carbocycles. The highest BCUT2D eigenvalue weighted by atomic mass is 16.5. The molecule has 0 radical (unpaired) electrons. The molecule has 1 rings (SSSR count). The summed E-state index contributed by atoms with van der Waals surface area (Å²) in [5.74, 6) is 0.826. The van der Waals surface area contributed by atoms with Gasteiger partial charge in [-0.1, -0.05) is 25.8 Å². The molecule has 1 aromatic carbocycles. The fourth-order valence-corrected chi connectivity index (χ4v) is 2.28. The lowest BCUT2D eigenvalue weighted by molar-refractivity contribution is -0.122. The number of ether oxygens (including phenoxy) is 1. The quantitative estimate of drug-likeness (QED) is 0.735. The van der Waals surface area contributed by atoms with E-state index in [4.69, 9.17) is 10.5 Å². The van der Waals surface area contributed by atoms with Crippen LogP contribution in [-0.4, -0.2) is 25.1 Å². The summed E-state index contributed by atoms with van der Waals surface area (Å²) >= 11 is 0. The lowest BCUT2D eigenvalue weighted by Crippen LogP contribution is -2.40. The molecule has 0 heterocycles. The normalized spacial score (nSPS) is 12.0. The number of carbonyl (C=O) groups excluding carboxylic acids is 1. The van der Waals surface area contributed by atoms with Gasteiger partial charge in [-0.2, -0.15) is 0 Å². The maximum atomic E-state index is 11.9. The Morgan fingerprint density at radius 2 is 1.95 bits per heavy atom. The molecule has 118 valence electrons. The molecule has 0 aromatic heterocycles. The molecule has 0 saturated heterocycles. The van der Waals surface area contributed by atoms with Gasteiger partial charge in [0.2, 0.25) is 5.91 Å². The van der Waals surface area contributed by atoms with Crippen LogP contribution in [0.1, 0.15) is 43.7 Å².